The lowest BCUT2D eigenvalue weighted by molar-refractivity contribution is -0.113. The molecule has 1 aromatic carbocycles. The number of amides is 1. The number of hydrogen-bond donors (Lipinski definition) is 1. The van der Waals surface area contributed by atoms with Crippen molar-refractivity contribution in [3.8, 4) is 10.7 Å². The van der Waals surface area contributed by atoms with Crippen molar-refractivity contribution in [3.05, 3.63) is 41.8 Å². The van der Waals surface area contributed by atoms with Gasteiger partial charge in [0.05, 0.1) is 10.6 Å². The van der Waals surface area contributed by atoms with Gasteiger partial charge in [-0.3, -0.25) is 9.36 Å². The second-order valence-electron chi connectivity index (χ2n) is 5.95. The number of benzene rings is 1. The molecule has 0 bridgehead atoms. The van der Waals surface area contributed by atoms with Crippen LogP contribution in [0, 0.1) is 0 Å². The summed E-state index contributed by atoms with van der Waals surface area (Å²) >= 11 is 4.77. The SMILES string of the molecule is CSc1cccc(NC(=O)CSc2nnc(-c3cccs3)n2C2CC2)c1. The summed E-state index contributed by atoms with van der Waals surface area (Å²) in [4.78, 5) is 14.6. The van der Waals surface area contributed by atoms with Crippen LogP contribution < -0.4 is 5.32 Å². The number of aromatic nitrogens is 3. The monoisotopic (exact) mass is 402 g/mol. The molecule has 0 radical (unpaired) electrons. The van der Waals surface area contributed by atoms with Crippen LogP contribution in [0.1, 0.15) is 18.9 Å². The first kappa shape index (κ1) is 17.6. The molecule has 0 atom stereocenters. The van der Waals surface area contributed by atoms with Crippen molar-refractivity contribution in [2.45, 2.75) is 28.9 Å². The molecule has 0 unspecified atom stereocenters. The van der Waals surface area contributed by atoms with Crippen molar-refractivity contribution in [2.75, 3.05) is 17.3 Å². The largest absolute Gasteiger partial charge is 0.325 e. The first-order valence-electron chi connectivity index (χ1n) is 8.30. The molecular formula is C18H18N4OS3. The number of anilines is 1. The zero-order valence-electron chi connectivity index (χ0n) is 14.2. The molecule has 1 N–H and O–H groups in total. The van der Waals surface area contributed by atoms with Gasteiger partial charge < -0.3 is 5.32 Å². The van der Waals surface area contributed by atoms with Crippen molar-refractivity contribution in [2.24, 2.45) is 0 Å². The fourth-order valence-electron chi connectivity index (χ4n) is 2.64. The van der Waals surface area contributed by atoms with Crippen LogP contribution in [0.2, 0.25) is 0 Å². The normalized spacial score (nSPS) is 13.7. The Bertz CT molecular complexity index is 903. The molecule has 26 heavy (non-hydrogen) atoms. The van der Waals surface area contributed by atoms with E-state index in [-0.39, 0.29) is 5.91 Å². The summed E-state index contributed by atoms with van der Waals surface area (Å²) in [6.45, 7) is 0. The van der Waals surface area contributed by atoms with Crippen molar-refractivity contribution in [1.29, 1.82) is 0 Å². The minimum absolute atomic E-state index is 0.0312. The Balaban J connectivity index is 1.44. The minimum atomic E-state index is -0.0312. The van der Waals surface area contributed by atoms with Crippen LogP contribution in [-0.2, 0) is 4.79 Å². The van der Waals surface area contributed by atoms with E-state index in [1.165, 1.54) is 11.8 Å². The van der Waals surface area contributed by atoms with Gasteiger partial charge in [0.25, 0.3) is 0 Å². The van der Waals surface area contributed by atoms with E-state index in [0.29, 0.717) is 11.8 Å². The number of carbonyl (C=O) groups excluding carboxylic acids is 1. The second kappa shape index (κ2) is 7.85. The van der Waals surface area contributed by atoms with Crippen LogP contribution in [0.5, 0.6) is 0 Å². The van der Waals surface area contributed by atoms with Gasteiger partial charge in [-0.25, -0.2) is 0 Å². The predicted octanol–water partition coefficient (Wildman–Crippen LogP) is 4.79. The Morgan fingerprint density at radius 3 is 2.92 bits per heavy atom. The molecule has 8 heteroatoms. The highest BCUT2D eigenvalue weighted by Gasteiger charge is 2.30. The van der Waals surface area contributed by atoms with E-state index in [1.54, 1.807) is 23.1 Å². The van der Waals surface area contributed by atoms with Crippen molar-refractivity contribution in [3.63, 3.8) is 0 Å². The molecule has 1 amide bonds. The molecule has 4 rings (SSSR count). The van der Waals surface area contributed by atoms with Crippen LogP contribution in [0.3, 0.4) is 0 Å². The number of hydrogen-bond acceptors (Lipinski definition) is 6. The smallest absolute Gasteiger partial charge is 0.234 e. The molecule has 0 aliphatic heterocycles. The Morgan fingerprint density at radius 2 is 2.19 bits per heavy atom. The number of thiophene rings is 1. The standard InChI is InChI=1S/C18H18N4OS3/c1-24-14-5-2-4-12(10-14)19-16(23)11-26-18-21-20-17(15-6-3-9-25-15)22(18)13-7-8-13/h2-6,9-10,13H,7-8,11H2,1H3,(H,19,23). The van der Waals surface area contributed by atoms with Gasteiger partial charge in [0.15, 0.2) is 11.0 Å². The Labute approximate surface area is 164 Å². The highest BCUT2D eigenvalue weighted by Crippen LogP contribution is 2.41. The van der Waals surface area contributed by atoms with Gasteiger partial charge in [-0.15, -0.1) is 33.3 Å². The highest BCUT2D eigenvalue weighted by atomic mass is 32.2. The average molecular weight is 403 g/mol. The van der Waals surface area contributed by atoms with Crippen LogP contribution in [0.4, 0.5) is 5.69 Å². The summed E-state index contributed by atoms with van der Waals surface area (Å²) in [5.74, 6) is 1.20. The van der Waals surface area contributed by atoms with E-state index < -0.39 is 0 Å². The van der Waals surface area contributed by atoms with E-state index in [2.05, 4.69) is 26.1 Å². The molecule has 1 fully saturated rings. The van der Waals surface area contributed by atoms with Gasteiger partial charge in [0.2, 0.25) is 5.91 Å². The fourth-order valence-corrected chi connectivity index (χ4v) is 4.61. The number of rotatable bonds is 7. The zero-order chi connectivity index (χ0) is 17.9. The van der Waals surface area contributed by atoms with E-state index in [1.807, 2.05) is 42.0 Å². The number of nitrogens with one attached hydrogen (secondary N) is 1. The summed E-state index contributed by atoms with van der Waals surface area (Å²) in [6, 6.07) is 12.4. The molecule has 2 heterocycles. The first-order chi connectivity index (χ1) is 12.7. The average Bonchev–Trinajstić information content (AvgIpc) is 3.18. The summed E-state index contributed by atoms with van der Waals surface area (Å²) < 4.78 is 2.19. The molecule has 2 aromatic heterocycles. The molecule has 1 aliphatic carbocycles. The lowest BCUT2D eigenvalue weighted by atomic mass is 10.3. The summed E-state index contributed by atoms with van der Waals surface area (Å²) in [6.07, 6.45) is 4.32. The third-order valence-electron chi connectivity index (χ3n) is 4.00. The highest BCUT2D eigenvalue weighted by molar-refractivity contribution is 7.99. The molecule has 0 spiro atoms. The summed E-state index contributed by atoms with van der Waals surface area (Å²) in [5.41, 5.74) is 0.824. The van der Waals surface area contributed by atoms with E-state index >= 15 is 0 Å². The first-order valence-corrected chi connectivity index (χ1v) is 11.4. The van der Waals surface area contributed by atoms with Gasteiger partial charge >= 0.3 is 0 Å². The third-order valence-corrected chi connectivity index (χ3v) is 6.54. The van der Waals surface area contributed by atoms with Crippen LogP contribution in [0.15, 0.2) is 51.8 Å². The van der Waals surface area contributed by atoms with E-state index in [4.69, 9.17) is 0 Å². The number of nitrogens with zero attached hydrogens (tertiary/aromatic N) is 3. The van der Waals surface area contributed by atoms with Gasteiger partial charge in [0.1, 0.15) is 0 Å². The predicted molar refractivity (Wildman–Crippen MR) is 109 cm³/mol. The van der Waals surface area contributed by atoms with Crippen LogP contribution >= 0.6 is 34.9 Å². The Morgan fingerprint density at radius 1 is 1.31 bits per heavy atom. The molecule has 5 nitrogen and oxygen atoms in total. The van der Waals surface area contributed by atoms with Crippen molar-refractivity contribution >= 4 is 46.5 Å². The van der Waals surface area contributed by atoms with Crippen LogP contribution in [0.25, 0.3) is 10.7 Å². The third kappa shape index (κ3) is 3.97. The minimum Gasteiger partial charge on any atom is -0.325 e. The van der Waals surface area contributed by atoms with Gasteiger partial charge in [0, 0.05) is 16.6 Å². The van der Waals surface area contributed by atoms with Gasteiger partial charge in [-0.1, -0.05) is 23.9 Å². The fraction of sp³-hybridized carbons (Fsp3) is 0.278. The van der Waals surface area contributed by atoms with Crippen molar-refractivity contribution in [1.82, 2.24) is 14.8 Å². The van der Waals surface area contributed by atoms with Gasteiger partial charge in [-0.2, -0.15) is 0 Å². The van der Waals surface area contributed by atoms with E-state index in [9.17, 15) is 4.79 Å². The molecule has 1 saturated carbocycles. The van der Waals surface area contributed by atoms with E-state index in [0.717, 1.165) is 39.3 Å². The topological polar surface area (TPSA) is 59.8 Å². The van der Waals surface area contributed by atoms with Gasteiger partial charge in [-0.05, 0) is 48.7 Å². The number of thioether (sulfide) groups is 2. The summed E-state index contributed by atoms with van der Waals surface area (Å²) in [7, 11) is 0. The lowest BCUT2D eigenvalue weighted by Crippen LogP contribution is -2.14. The molecule has 3 aromatic rings. The Kier molecular flexibility index (Phi) is 5.33. The maximum Gasteiger partial charge on any atom is 0.234 e. The lowest BCUT2D eigenvalue weighted by Gasteiger charge is -2.08. The second-order valence-corrected chi connectivity index (χ2v) is 8.72. The summed E-state index contributed by atoms with van der Waals surface area (Å²) in [5, 5.41) is 14.5. The maximum absolute atomic E-state index is 12.3. The zero-order valence-corrected chi connectivity index (χ0v) is 16.7. The molecule has 1 aliphatic rings. The van der Waals surface area contributed by atoms with Crippen LogP contribution in [-0.4, -0.2) is 32.7 Å². The Hall–Kier alpha value is -1.77. The quantitative estimate of drug-likeness (QED) is 0.576. The van der Waals surface area contributed by atoms with Crippen molar-refractivity contribution < 1.29 is 4.79 Å². The molecular weight excluding hydrogens is 384 g/mol. The molecule has 0 saturated heterocycles. The maximum atomic E-state index is 12.3. The molecule has 134 valence electrons. The number of carbonyl (C=O) groups is 1.